The standard InChI is InChI=1S/C19H24N4O3/c1-26-16-8-14(9-21-10-16)17(13-6-15(24)7-13)22-18(25)19(2-3-19)11-23-5-4-20-12-23/h4-5,8-10,12-13,15,17,24H,2-3,6-7,11H2,1H3,(H,22,25). The number of imidazole rings is 1. The number of ether oxygens (including phenoxy) is 1. The summed E-state index contributed by atoms with van der Waals surface area (Å²) in [5.74, 6) is 0.952. The van der Waals surface area contributed by atoms with Gasteiger partial charge in [0.05, 0.1) is 37.2 Å². The number of carbonyl (C=O) groups excluding carboxylic acids is 1. The van der Waals surface area contributed by atoms with Gasteiger partial charge in [0.2, 0.25) is 5.91 Å². The van der Waals surface area contributed by atoms with Crippen LogP contribution in [0.1, 0.15) is 37.3 Å². The smallest absolute Gasteiger partial charge is 0.228 e. The fraction of sp³-hybridized carbons (Fsp3) is 0.526. The number of rotatable bonds is 7. The van der Waals surface area contributed by atoms with Crippen LogP contribution in [-0.4, -0.2) is 38.8 Å². The number of amides is 1. The molecule has 7 heteroatoms. The minimum absolute atomic E-state index is 0.0698. The van der Waals surface area contributed by atoms with E-state index >= 15 is 0 Å². The van der Waals surface area contributed by atoms with Gasteiger partial charge in [-0.25, -0.2) is 4.98 Å². The van der Waals surface area contributed by atoms with Crippen LogP contribution >= 0.6 is 0 Å². The van der Waals surface area contributed by atoms with Gasteiger partial charge in [0.15, 0.2) is 0 Å². The maximum Gasteiger partial charge on any atom is 0.228 e. The molecule has 1 amide bonds. The quantitative estimate of drug-likeness (QED) is 0.788. The number of carbonyl (C=O) groups is 1. The van der Waals surface area contributed by atoms with Crippen LogP contribution < -0.4 is 10.1 Å². The maximum absolute atomic E-state index is 13.1. The zero-order valence-corrected chi connectivity index (χ0v) is 14.8. The molecule has 1 atom stereocenters. The Hall–Kier alpha value is -2.41. The maximum atomic E-state index is 13.1. The normalized spacial score (nSPS) is 24.4. The highest BCUT2D eigenvalue weighted by atomic mass is 16.5. The number of pyridine rings is 1. The SMILES string of the molecule is COc1cncc(C(NC(=O)C2(Cn3ccnc3)CC2)C2CC(O)C2)c1. The van der Waals surface area contributed by atoms with Crippen LogP contribution in [0.5, 0.6) is 5.75 Å². The molecule has 0 spiro atoms. The molecule has 26 heavy (non-hydrogen) atoms. The lowest BCUT2D eigenvalue weighted by Crippen LogP contribution is -2.44. The minimum Gasteiger partial charge on any atom is -0.495 e. The highest BCUT2D eigenvalue weighted by molar-refractivity contribution is 5.85. The summed E-state index contributed by atoms with van der Waals surface area (Å²) in [6.45, 7) is 0.648. The van der Waals surface area contributed by atoms with E-state index in [9.17, 15) is 9.90 Å². The Morgan fingerprint density at radius 2 is 2.23 bits per heavy atom. The van der Waals surface area contributed by atoms with E-state index in [2.05, 4.69) is 15.3 Å². The van der Waals surface area contributed by atoms with Crippen molar-refractivity contribution in [3.8, 4) is 5.75 Å². The number of aliphatic hydroxyl groups is 1. The monoisotopic (exact) mass is 356 g/mol. The minimum atomic E-state index is -0.354. The number of hydrogen-bond donors (Lipinski definition) is 2. The van der Waals surface area contributed by atoms with Crippen molar-refractivity contribution in [2.75, 3.05) is 7.11 Å². The van der Waals surface area contributed by atoms with Gasteiger partial charge in [-0.2, -0.15) is 0 Å². The molecule has 2 aliphatic rings. The van der Waals surface area contributed by atoms with Crippen LogP contribution in [0.3, 0.4) is 0 Å². The molecule has 2 aromatic rings. The van der Waals surface area contributed by atoms with Gasteiger partial charge >= 0.3 is 0 Å². The zero-order valence-electron chi connectivity index (χ0n) is 14.8. The Balaban J connectivity index is 1.52. The number of aromatic nitrogens is 3. The van der Waals surface area contributed by atoms with E-state index in [1.54, 1.807) is 32.0 Å². The Kier molecular flexibility index (Phi) is 4.40. The summed E-state index contributed by atoms with van der Waals surface area (Å²) in [5, 5.41) is 13.0. The summed E-state index contributed by atoms with van der Waals surface area (Å²) in [7, 11) is 1.60. The number of hydrogen-bond acceptors (Lipinski definition) is 5. The van der Waals surface area contributed by atoms with E-state index in [1.165, 1.54) is 0 Å². The van der Waals surface area contributed by atoms with Crippen molar-refractivity contribution in [1.29, 1.82) is 0 Å². The van der Waals surface area contributed by atoms with Crippen LogP contribution in [0.2, 0.25) is 0 Å². The molecule has 2 N–H and O–H groups in total. The summed E-state index contributed by atoms with van der Waals surface area (Å²) >= 11 is 0. The first kappa shape index (κ1) is 17.0. The Morgan fingerprint density at radius 3 is 2.85 bits per heavy atom. The first-order chi connectivity index (χ1) is 12.6. The molecule has 7 nitrogen and oxygen atoms in total. The van der Waals surface area contributed by atoms with Gasteiger partial charge in [-0.1, -0.05) is 0 Å². The van der Waals surface area contributed by atoms with Gasteiger partial charge in [-0.05, 0) is 43.2 Å². The van der Waals surface area contributed by atoms with E-state index in [-0.39, 0.29) is 29.4 Å². The van der Waals surface area contributed by atoms with E-state index in [0.29, 0.717) is 25.1 Å². The summed E-state index contributed by atoms with van der Waals surface area (Å²) in [6, 6.07) is 1.76. The summed E-state index contributed by atoms with van der Waals surface area (Å²) in [6.07, 6.45) is 11.7. The van der Waals surface area contributed by atoms with Crippen molar-refractivity contribution in [3.63, 3.8) is 0 Å². The van der Waals surface area contributed by atoms with Crippen LogP contribution in [0.15, 0.2) is 37.2 Å². The second-order valence-corrected chi connectivity index (χ2v) is 7.51. The van der Waals surface area contributed by atoms with E-state index in [1.807, 2.05) is 16.8 Å². The molecule has 4 rings (SSSR count). The van der Waals surface area contributed by atoms with Gasteiger partial charge in [0, 0.05) is 25.1 Å². The average molecular weight is 356 g/mol. The highest BCUT2D eigenvalue weighted by Gasteiger charge is 2.51. The molecule has 2 fully saturated rings. The second-order valence-electron chi connectivity index (χ2n) is 7.51. The summed E-state index contributed by atoms with van der Waals surface area (Å²) < 4.78 is 7.24. The molecule has 0 aromatic carbocycles. The largest absolute Gasteiger partial charge is 0.495 e. The second kappa shape index (κ2) is 6.72. The van der Waals surface area contributed by atoms with Crippen molar-refractivity contribution >= 4 is 5.91 Å². The highest BCUT2D eigenvalue weighted by Crippen LogP contribution is 2.48. The number of aliphatic hydroxyl groups excluding tert-OH is 1. The number of methoxy groups -OCH3 is 1. The van der Waals surface area contributed by atoms with Gasteiger partial charge in [-0.15, -0.1) is 0 Å². The molecule has 1 unspecified atom stereocenters. The number of nitrogens with one attached hydrogen (secondary N) is 1. The molecule has 2 heterocycles. The topological polar surface area (TPSA) is 89.3 Å². The van der Waals surface area contributed by atoms with Gasteiger partial charge in [0.25, 0.3) is 0 Å². The molecule has 2 saturated carbocycles. The van der Waals surface area contributed by atoms with E-state index in [4.69, 9.17) is 4.74 Å². The predicted octanol–water partition coefficient (Wildman–Crippen LogP) is 1.70. The van der Waals surface area contributed by atoms with Crippen LogP contribution in [-0.2, 0) is 11.3 Å². The van der Waals surface area contributed by atoms with Crippen molar-refractivity contribution in [2.45, 2.75) is 44.4 Å². The third kappa shape index (κ3) is 3.31. The summed E-state index contributed by atoms with van der Waals surface area (Å²) in [5.41, 5.74) is 0.571. The van der Waals surface area contributed by atoms with Crippen molar-refractivity contribution in [1.82, 2.24) is 19.9 Å². The first-order valence-corrected chi connectivity index (χ1v) is 9.03. The summed E-state index contributed by atoms with van der Waals surface area (Å²) in [4.78, 5) is 21.4. The van der Waals surface area contributed by atoms with Crippen LogP contribution in [0.25, 0.3) is 0 Å². The molecule has 0 aliphatic heterocycles. The third-order valence-electron chi connectivity index (χ3n) is 5.62. The third-order valence-corrected chi connectivity index (χ3v) is 5.62. The molecular weight excluding hydrogens is 332 g/mol. The molecule has 2 aromatic heterocycles. The Bertz CT molecular complexity index is 767. The van der Waals surface area contributed by atoms with Crippen LogP contribution in [0, 0.1) is 11.3 Å². The van der Waals surface area contributed by atoms with Gasteiger partial charge < -0.3 is 19.7 Å². The van der Waals surface area contributed by atoms with Crippen molar-refractivity contribution in [2.24, 2.45) is 11.3 Å². The first-order valence-electron chi connectivity index (χ1n) is 9.03. The van der Waals surface area contributed by atoms with Crippen molar-refractivity contribution in [3.05, 3.63) is 42.7 Å². The zero-order chi connectivity index (χ0) is 18.1. The lowest BCUT2D eigenvalue weighted by atomic mass is 9.75. The fourth-order valence-electron chi connectivity index (χ4n) is 3.72. The van der Waals surface area contributed by atoms with Gasteiger partial charge in [-0.3, -0.25) is 9.78 Å². The molecule has 0 radical (unpaired) electrons. The van der Waals surface area contributed by atoms with Gasteiger partial charge in [0.1, 0.15) is 5.75 Å². The van der Waals surface area contributed by atoms with Crippen LogP contribution in [0.4, 0.5) is 0 Å². The Morgan fingerprint density at radius 1 is 1.42 bits per heavy atom. The predicted molar refractivity (Wildman–Crippen MR) is 94.3 cm³/mol. The average Bonchev–Trinajstić information content (AvgIpc) is 3.23. The number of nitrogens with zero attached hydrogens (tertiary/aromatic N) is 3. The van der Waals surface area contributed by atoms with E-state index in [0.717, 1.165) is 18.4 Å². The molecule has 0 bridgehead atoms. The molecular formula is C19H24N4O3. The molecule has 0 saturated heterocycles. The lowest BCUT2D eigenvalue weighted by molar-refractivity contribution is -0.128. The van der Waals surface area contributed by atoms with Crippen molar-refractivity contribution < 1.29 is 14.6 Å². The molecule has 2 aliphatic carbocycles. The fourth-order valence-corrected chi connectivity index (χ4v) is 3.72. The van der Waals surface area contributed by atoms with E-state index < -0.39 is 0 Å². The lowest BCUT2D eigenvalue weighted by Gasteiger charge is -2.38. The Labute approximate surface area is 152 Å². The molecule has 138 valence electrons.